The summed E-state index contributed by atoms with van der Waals surface area (Å²) in [5.74, 6) is 1.83. The van der Waals surface area contributed by atoms with Crippen molar-refractivity contribution in [3.8, 4) is 0 Å². The Morgan fingerprint density at radius 1 is 1.30 bits per heavy atom. The summed E-state index contributed by atoms with van der Waals surface area (Å²) < 4.78 is 27.1. The molecule has 1 aliphatic heterocycles. The van der Waals surface area contributed by atoms with Crippen LogP contribution >= 0.6 is 27.7 Å². The van der Waals surface area contributed by atoms with Gasteiger partial charge >= 0.3 is 0 Å². The minimum absolute atomic E-state index is 0.0814. The zero-order chi connectivity index (χ0) is 16.3. The number of rotatable bonds is 5. The van der Waals surface area contributed by atoms with E-state index in [1.165, 1.54) is 0 Å². The van der Waals surface area contributed by atoms with E-state index in [2.05, 4.69) is 31.2 Å². The molecule has 0 amide bonds. The number of pyridine rings is 2. The van der Waals surface area contributed by atoms with Crippen LogP contribution < -0.4 is 5.32 Å². The third-order valence-corrected chi connectivity index (χ3v) is 6.83. The smallest absolute Gasteiger partial charge is 0.215 e. The lowest BCUT2D eigenvalue weighted by molar-refractivity contribution is 0.444. The maximum Gasteiger partial charge on any atom is 0.215 e. The van der Waals surface area contributed by atoms with Gasteiger partial charge in [0.15, 0.2) is 0 Å². The average molecular weight is 417 g/mol. The number of thioether (sulfide) groups is 1. The number of anilines is 1. The van der Waals surface area contributed by atoms with Crippen LogP contribution in [0.25, 0.3) is 11.0 Å². The zero-order valence-electron chi connectivity index (χ0n) is 12.4. The van der Waals surface area contributed by atoms with E-state index in [1.807, 2.05) is 12.1 Å². The zero-order valence-corrected chi connectivity index (χ0v) is 15.6. The minimum atomic E-state index is -3.20. The summed E-state index contributed by atoms with van der Waals surface area (Å²) in [7, 11) is -3.20. The average Bonchev–Trinajstić information content (AvgIpc) is 2.55. The summed E-state index contributed by atoms with van der Waals surface area (Å²) in [5, 5.41) is 3.17. The predicted molar refractivity (Wildman–Crippen MR) is 98.4 cm³/mol. The van der Waals surface area contributed by atoms with Gasteiger partial charge < -0.3 is 5.32 Å². The van der Waals surface area contributed by atoms with Gasteiger partial charge in [-0.05, 0) is 28.1 Å². The third-order valence-electron chi connectivity index (χ3n) is 3.58. The number of hydrogen-bond acceptors (Lipinski definition) is 6. The van der Waals surface area contributed by atoms with Crippen molar-refractivity contribution >= 4 is 54.4 Å². The second kappa shape index (κ2) is 7.33. The van der Waals surface area contributed by atoms with Gasteiger partial charge in [0.25, 0.3) is 0 Å². The lowest BCUT2D eigenvalue weighted by atomic mass is 10.3. The van der Waals surface area contributed by atoms with E-state index >= 15 is 0 Å². The molecule has 0 aliphatic carbocycles. The summed E-state index contributed by atoms with van der Waals surface area (Å²) in [6, 6.07) is 3.70. The quantitative estimate of drug-likeness (QED) is 0.804. The highest BCUT2D eigenvalue weighted by Gasteiger charge is 2.23. The first kappa shape index (κ1) is 16.9. The molecule has 1 aliphatic rings. The van der Waals surface area contributed by atoms with E-state index in [0.29, 0.717) is 19.6 Å². The van der Waals surface area contributed by atoms with Crippen molar-refractivity contribution in [2.45, 2.75) is 0 Å². The minimum Gasteiger partial charge on any atom is -0.382 e. The number of halogens is 1. The lowest BCUT2D eigenvalue weighted by Gasteiger charge is -2.25. The first-order valence-electron chi connectivity index (χ1n) is 7.26. The lowest BCUT2D eigenvalue weighted by Crippen LogP contribution is -2.40. The van der Waals surface area contributed by atoms with Crippen molar-refractivity contribution in [2.75, 3.05) is 42.2 Å². The molecule has 3 heterocycles. The van der Waals surface area contributed by atoms with E-state index in [4.69, 9.17) is 0 Å². The van der Waals surface area contributed by atoms with Crippen LogP contribution in [0, 0.1) is 0 Å². The molecule has 1 N–H and O–H groups in total. The van der Waals surface area contributed by atoms with Crippen LogP contribution in [0.2, 0.25) is 0 Å². The Balaban J connectivity index is 1.67. The molecule has 1 fully saturated rings. The molecule has 2 aromatic heterocycles. The molecule has 0 atom stereocenters. The van der Waals surface area contributed by atoms with Crippen LogP contribution in [0.1, 0.15) is 0 Å². The maximum absolute atomic E-state index is 12.3. The molecule has 0 aromatic carbocycles. The molecule has 0 saturated carbocycles. The third kappa shape index (κ3) is 4.14. The topological polar surface area (TPSA) is 75.2 Å². The van der Waals surface area contributed by atoms with Gasteiger partial charge in [0.05, 0.1) is 17.0 Å². The van der Waals surface area contributed by atoms with Gasteiger partial charge in [-0.3, -0.25) is 9.97 Å². The Hall–Kier alpha value is -0.900. The summed E-state index contributed by atoms with van der Waals surface area (Å²) in [4.78, 5) is 8.62. The molecule has 3 rings (SSSR count). The Morgan fingerprint density at radius 2 is 2.09 bits per heavy atom. The van der Waals surface area contributed by atoms with Crippen molar-refractivity contribution in [1.82, 2.24) is 14.3 Å². The fraction of sp³-hybridized carbons (Fsp3) is 0.429. The molecule has 9 heteroatoms. The maximum atomic E-state index is 12.3. The number of fused-ring (bicyclic) bond motifs is 1. The SMILES string of the molecule is O=S(=O)(CCNc1ccnc2cc(Br)cnc12)N1CCSCC1. The molecule has 23 heavy (non-hydrogen) atoms. The van der Waals surface area contributed by atoms with E-state index < -0.39 is 10.0 Å². The van der Waals surface area contributed by atoms with Crippen molar-refractivity contribution in [2.24, 2.45) is 0 Å². The van der Waals surface area contributed by atoms with Gasteiger partial charge in [-0.1, -0.05) is 0 Å². The number of hydrogen-bond donors (Lipinski definition) is 1. The van der Waals surface area contributed by atoms with Gasteiger partial charge in [-0.2, -0.15) is 11.8 Å². The Labute approximate surface area is 148 Å². The van der Waals surface area contributed by atoms with Crippen molar-refractivity contribution < 1.29 is 8.42 Å². The van der Waals surface area contributed by atoms with E-state index in [9.17, 15) is 8.42 Å². The second-order valence-electron chi connectivity index (χ2n) is 5.13. The van der Waals surface area contributed by atoms with Gasteiger partial charge in [-0.15, -0.1) is 0 Å². The normalized spacial score (nSPS) is 16.6. The van der Waals surface area contributed by atoms with Crippen LogP contribution in [-0.4, -0.2) is 59.6 Å². The van der Waals surface area contributed by atoms with Crippen LogP contribution in [0.5, 0.6) is 0 Å². The van der Waals surface area contributed by atoms with Crippen molar-refractivity contribution in [1.29, 1.82) is 0 Å². The van der Waals surface area contributed by atoms with Crippen LogP contribution in [0.4, 0.5) is 5.69 Å². The first-order valence-corrected chi connectivity index (χ1v) is 10.8. The molecule has 1 saturated heterocycles. The van der Waals surface area contributed by atoms with Gasteiger partial charge in [0, 0.05) is 48.0 Å². The Kier molecular flexibility index (Phi) is 5.40. The Morgan fingerprint density at radius 3 is 2.87 bits per heavy atom. The van der Waals surface area contributed by atoms with Gasteiger partial charge in [0.2, 0.25) is 10.0 Å². The summed E-state index contributed by atoms with van der Waals surface area (Å²) >= 11 is 5.17. The number of aromatic nitrogens is 2. The molecular formula is C14H17BrN4O2S2. The monoisotopic (exact) mass is 416 g/mol. The summed E-state index contributed by atoms with van der Waals surface area (Å²) in [6.45, 7) is 1.57. The van der Waals surface area contributed by atoms with Crippen molar-refractivity contribution in [3.05, 3.63) is 29.0 Å². The standard InChI is InChI=1S/C14H17BrN4O2S2/c15-11-9-13-14(18-10-11)12(1-2-16-13)17-3-8-23(20,21)19-4-6-22-7-5-19/h1-2,9-10H,3-8H2,(H,16,17). The first-order chi connectivity index (χ1) is 11.1. The molecular weight excluding hydrogens is 400 g/mol. The fourth-order valence-electron chi connectivity index (χ4n) is 2.42. The number of nitrogens with zero attached hydrogens (tertiary/aromatic N) is 3. The molecule has 0 spiro atoms. The molecule has 0 unspecified atom stereocenters. The number of nitrogens with one attached hydrogen (secondary N) is 1. The fourth-order valence-corrected chi connectivity index (χ4v) is 5.23. The molecule has 6 nitrogen and oxygen atoms in total. The highest BCUT2D eigenvalue weighted by atomic mass is 79.9. The number of sulfonamides is 1. The van der Waals surface area contributed by atoms with Crippen molar-refractivity contribution in [3.63, 3.8) is 0 Å². The van der Waals surface area contributed by atoms with E-state index in [0.717, 1.165) is 32.7 Å². The molecule has 0 radical (unpaired) electrons. The van der Waals surface area contributed by atoms with E-state index in [1.54, 1.807) is 28.5 Å². The van der Waals surface area contributed by atoms with Crippen LogP contribution in [-0.2, 0) is 10.0 Å². The highest BCUT2D eigenvalue weighted by molar-refractivity contribution is 9.10. The summed E-state index contributed by atoms with van der Waals surface area (Å²) in [5.41, 5.74) is 2.30. The van der Waals surface area contributed by atoms with Crippen LogP contribution in [0.15, 0.2) is 29.0 Å². The Bertz CT molecular complexity index is 794. The second-order valence-corrected chi connectivity index (χ2v) is 9.36. The van der Waals surface area contributed by atoms with Gasteiger partial charge in [0.1, 0.15) is 5.52 Å². The predicted octanol–water partition coefficient (Wildman–Crippen LogP) is 2.18. The largest absolute Gasteiger partial charge is 0.382 e. The van der Waals surface area contributed by atoms with E-state index in [-0.39, 0.29) is 5.75 Å². The molecule has 0 bridgehead atoms. The summed E-state index contributed by atoms with van der Waals surface area (Å²) in [6.07, 6.45) is 3.40. The molecule has 124 valence electrons. The highest BCUT2D eigenvalue weighted by Crippen LogP contribution is 2.22. The molecule has 2 aromatic rings. The van der Waals surface area contributed by atoms with Crippen LogP contribution in [0.3, 0.4) is 0 Å². The van der Waals surface area contributed by atoms with Gasteiger partial charge in [-0.25, -0.2) is 12.7 Å².